The molecule has 6 nitrogen and oxygen atoms in total. The van der Waals surface area contributed by atoms with Crippen LogP contribution >= 0.6 is 0 Å². The van der Waals surface area contributed by atoms with Crippen LogP contribution in [-0.2, 0) is 9.84 Å². The number of amides is 1. The van der Waals surface area contributed by atoms with E-state index >= 15 is 0 Å². The van der Waals surface area contributed by atoms with Crippen LogP contribution in [0.3, 0.4) is 0 Å². The number of nitriles is 1. The fourth-order valence-electron chi connectivity index (χ4n) is 1.77. The van der Waals surface area contributed by atoms with Crippen LogP contribution in [0.2, 0.25) is 0 Å². The number of carbonyl (C=O) groups excluding carboxylic acids is 1. The van der Waals surface area contributed by atoms with Crippen LogP contribution < -0.4 is 5.32 Å². The molecule has 2 rings (SSSR count). The van der Waals surface area contributed by atoms with E-state index in [1.165, 1.54) is 42.7 Å². The second kappa shape index (κ2) is 6.37. The van der Waals surface area contributed by atoms with Crippen molar-refractivity contribution in [2.24, 2.45) is 0 Å². The van der Waals surface area contributed by atoms with Gasteiger partial charge in [0.25, 0.3) is 5.91 Å². The van der Waals surface area contributed by atoms with Gasteiger partial charge in [-0.15, -0.1) is 0 Å². The standard InChI is InChI=1S/C15H13N3O3S/c1-2-22(20,21)13-5-3-11(4-6-13)15(19)18-14-7-8-17-10-12(14)9-16/h3-8,10H,2H2,1H3,(H,17,18,19). The number of hydrogen-bond donors (Lipinski definition) is 1. The van der Waals surface area contributed by atoms with E-state index in [1.807, 2.05) is 6.07 Å². The first-order valence-corrected chi connectivity index (χ1v) is 8.11. The van der Waals surface area contributed by atoms with Gasteiger partial charge in [0.2, 0.25) is 0 Å². The van der Waals surface area contributed by atoms with E-state index in [9.17, 15) is 13.2 Å². The summed E-state index contributed by atoms with van der Waals surface area (Å²) in [5, 5.41) is 11.5. The fourth-order valence-corrected chi connectivity index (χ4v) is 2.65. The van der Waals surface area contributed by atoms with Crippen LogP contribution in [0.15, 0.2) is 47.6 Å². The van der Waals surface area contributed by atoms with Crippen LogP contribution in [0.25, 0.3) is 0 Å². The van der Waals surface area contributed by atoms with Crippen molar-refractivity contribution in [1.82, 2.24) is 4.98 Å². The maximum atomic E-state index is 12.1. The van der Waals surface area contributed by atoms with Crippen molar-refractivity contribution in [1.29, 1.82) is 5.26 Å². The van der Waals surface area contributed by atoms with E-state index < -0.39 is 15.7 Å². The molecule has 22 heavy (non-hydrogen) atoms. The summed E-state index contributed by atoms with van der Waals surface area (Å²) in [6.45, 7) is 1.56. The van der Waals surface area contributed by atoms with Crippen molar-refractivity contribution >= 4 is 21.4 Å². The number of benzene rings is 1. The lowest BCUT2D eigenvalue weighted by Gasteiger charge is -2.07. The van der Waals surface area contributed by atoms with Gasteiger partial charge in [0.15, 0.2) is 9.84 Å². The molecule has 0 radical (unpaired) electrons. The molecule has 0 aliphatic rings. The highest BCUT2D eigenvalue weighted by Gasteiger charge is 2.13. The minimum atomic E-state index is -3.29. The Morgan fingerprint density at radius 3 is 2.55 bits per heavy atom. The molecule has 1 aromatic carbocycles. The topological polar surface area (TPSA) is 99.9 Å². The molecule has 0 unspecified atom stereocenters. The minimum Gasteiger partial charge on any atom is -0.321 e. The molecule has 0 bridgehead atoms. The van der Waals surface area contributed by atoms with Gasteiger partial charge in [-0.1, -0.05) is 6.92 Å². The highest BCUT2D eigenvalue weighted by Crippen LogP contribution is 2.16. The van der Waals surface area contributed by atoms with E-state index in [0.29, 0.717) is 11.3 Å². The third kappa shape index (κ3) is 3.30. The third-order valence-corrected chi connectivity index (χ3v) is 4.80. The van der Waals surface area contributed by atoms with E-state index in [-0.39, 0.29) is 16.2 Å². The zero-order valence-electron chi connectivity index (χ0n) is 11.8. The lowest BCUT2D eigenvalue weighted by Crippen LogP contribution is -2.13. The second-order valence-electron chi connectivity index (χ2n) is 4.41. The largest absolute Gasteiger partial charge is 0.321 e. The summed E-state index contributed by atoms with van der Waals surface area (Å²) >= 11 is 0. The van der Waals surface area contributed by atoms with Gasteiger partial charge in [-0.2, -0.15) is 5.26 Å². The Morgan fingerprint density at radius 1 is 1.27 bits per heavy atom. The molecular weight excluding hydrogens is 302 g/mol. The van der Waals surface area contributed by atoms with E-state index in [4.69, 9.17) is 5.26 Å². The van der Waals surface area contributed by atoms with Crippen molar-refractivity contribution in [3.8, 4) is 6.07 Å². The first kappa shape index (κ1) is 15.7. The number of sulfone groups is 1. The number of nitrogens with one attached hydrogen (secondary N) is 1. The molecule has 0 atom stereocenters. The van der Waals surface area contributed by atoms with Crippen molar-refractivity contribution in [2.45, 2.75) is 11.8 Å². The van der Waals surface area contributed by atoms with Gasteiger partial charge in [0.05, 0.1) is 21.9 Å². The van der Waals surface area contributed by atoms with Crippen LogP contribution in [-0.4, -0.2) is 25.1 Å². The van der Waals surface area contributed by atoms with E-state index in [1.54, 1.807) is 6.92 Å². The summed E-state index contributed by atoms with van der Waals surface area (Å²) in [6, 6.07) is 9.11. The first-order chi connectivity index (χ1) is 10.5. The molecule has 0 saturated carbocycles. The Kier molecular flexibility index (Phi) is 4.53. The Labute approximate surface area is 128 Å². The highest BCUT2D eigenvalue weighted by atomic mass is 32.2. The number of nitrogens with zero attached hydrogens (tertiary/aromatic N) is 2. The molecule has 1 aromatic heterocycles. The number of pyridine rings is 1. The van der Waals surface area contributed by atoms with Gasteiger partial charge in [-0.25, -0.2) is 8.42 Å². The van der Waals surface area contributed by atoms with E-state index in [0.717, 1.165) is 0 Å². The molecule has 0 fully saturated rings. The minimum absolute atomic E-state index is 0.00108. The van der Waals surface area contributed by atoms with E-state index in [2.05, 4.69) is 10.3 Å². The van der Waals surface area contributed by atoms with Gasteiger partial charge in [-0.3, -0.25) is 9.78 Å². The summed E-state index contributed by atoms with van der Waals surface area (Å²) in [5.41, 5.74) is 0.907. The molecule has 0 aliphatic carbocycles. The molecule has 1 N–H and O–H groups in total. The summed E-state index contributed by atoms with van der Waals surface area (Å²) in [6.07, 6.45) is 2.82. The lowest BCUT2D eigenvalue weighted by molar-refractivity contribution is 0.102. The smallest absolute Gasteiger partial charge is 0.255 e. The van der Waals surface area contributed by atoms with Crippen LogP contribution in [0.1, 0.15) is 22.8 Å². The number of hydrogen-bond acceptors (Lipinski definition) is 5. The number of anilines is 1. The lowest BCUT2D eigenvalue weighted by atomic mass is 10.2. The summed E-state index contributed by atoms with van der Waals surface area (Å²) in [7, 11) is -3.29. The molecule has 1 amide bonds. The monoisotopic (exact) mass is 315 g/mol. The number of aromatic nitrogens is 1. The maximum Gasteiger partial charge on any atom is 0.255 e. The predicted octanol–water partition coefficient (Wildman–Crippen LogP) is 2.00. The second-order valence-corrected chi connectivity index (χ2v) is 6.69. The fraction of sp³-hybridized carbons (Fsp3) is 0.133. The molecule has 1 heterocycles. The Balaban J connectivity index is 2.23. The van der Waals surface area contributed by atoms with Gasteiger partial charge >= 0.3 is 0 Å². The quantitative estimate of drug-likeness (QED) is 0.930. The zero-order valence-corrected chi connectivity index (χ0v) is 12.6. The maximum absolute atomic E-state index is 12.1. The van der Waals surface area contributed by atoms with Gasteiger partial charge < -0.3 is 5.32 Å². The summed E-state index contributed by atoms with van der Waals surface area (Å²) < 4.78 is 23.4. The van der Waals surface area contributed by atoms with Crippen LogP contribution in [0.5, 0.6) is 0 Å². The Hall–Kier alpha value is -2.72. The number of rotatable bonds is 4. The average Bonchev–Trinajstić information content (AvgIpc) is 2.55. The molecule has 0 spiro atoms. The van der Waals surface area contributed by atoms with Crippen molar-refractivity contribution in [2.75, 3.05) is 11.1 Å². The third-order valence-electron chi connectivity index (χ3n) is 3.05. The van der Waals surface area contributed by atoms with Gasteiger partial charge in [0.1, 0.15) is 6.07 Å². The van der Waals surface area contributed by atoms with Crippen LogP contribution in [0, 0.1) is 11.3 Å². The number of carbonyl (C=O) groups is 1. The molecule has 112 valence electrons. The van der Waals surface area contributed by atoms with Crippen molar-refractivity contribution in [3.05, 3.63) is 53.9 Å². The molecule has 2 aromatic rings. The molecule has 0 saturated heterocycles. The first-order valence-electron chi connectivity index (χ1n) is 6.46. The van der Waals surface area contributed by atoms with Crippen molar-refractivity contribution in [3.63, 3.8) is 0 Å². The highest BCUT2D eigenvalue weighted by molar-refractivity contribution is 7.91. The molecular formula is C15H13N3O3S. The zero-order chi connectivity index (χ0) is 16.2. The SMILES string of the molecule is CCS(=O)(=O)c1ccc(C(=O)Nc2ccncc2C#N)cc1. The van der Waals surface area contributed by atoms with Gasteiger partial charge in [-0.05, 0) is 30.3 Å². The van der Waals surface area contributed by atoms with Gasteiger partial charge in [0, 0.05) is 18.0 Å². The molecule has 7 heteroatoms. The summed E-state index contributed by atoms with van der Waals surface area (Å²) in [5.74, 6) is -0.427. The Bertz CT molecular complexity index is 837. The normalized spacial score (nSPS) is 10.7. The summed E-state index contributed by atoms with van der Waals surface area (Å²) in [4.78, 5) is 16.1. The average molecular weight is 315 g/mol. The molecule has 0 aliphatic heterocycles. The van der Waals surface area contributed by atoms with Crippen LogP contribution in [0.4, 0.5) is 5.69 Å². The van der Waals surface area contributed by atoms with Crippen molar-refractivity contribution < 1.29 is 13.2 Å². The Morgan fingerprint density at radius 2 is 1.95 bits per heavy atom. The predicted molar refractivity (Wildman–Crippen MR) is 81.1 cm³/mol.